The fraction of sp³-hybridized carbons (Fsp3) is 0.400. The van der Waals surface area contributed by atoms with E-state index in [4.69, 9.17) is 4.42 Å². The fourth-order valence-corrected chi connectivity index (χ4v) is 2.30. The zero-order chi connectivity index (χ0) is 13.0. The van der Waals surface area contributed by atoms with E-state index in [2.05, 4.69) is 23.5 Å². The zero-order valence-electron chi connectivity index (χ0n) is 10.9. The lowest BCUT2D eigenvalue weighted by Gasteiger charge is -2.19. The van der Waals surface area contributed by atoms with E-state index in [1.54, 1.807) is 12.2 Å². The zero-order valence-corrected chi connectivity index (χ0v) is 10.9. The van der Waals surface area contributed by atoms with Crippen molar-refractivity contribution in [1.29, 1.82) is 0 Å². The second-order valence-electron chi connectivity index (χ2n) is 4.54. The standard InChI is InChI=1S/C15H20N2O/c1-4-6-12(5-2)14-11(3)18-15(17-14)13-7-9-16-10-8-13/h4-6,13,16H,1-2,7-10H2,3H3/b12-6+. The van der Waals surface area contributed by atoms with Crippen molar-refractivity contribution in [3.8, 4) is 0 Å². The highest BCUT2D eigenvalue weighted by atomic mass is 16.4. The summed E-state index contributed by atoms with van der Waals surface area (Å²) in [6, 6.07) is 0. The molecule has 1 aliphatic heterocycles. The minimum absolute atomic E-state index is 0.438. The van der Waals surface area contributed by atoms with Crippen LogP contribution in [0.25, 0.3) is 5.57 Å². The number of rotatable bonds is 4. The lowest BCUT2D eigenvalue weighted by atomic mass is 9.98. The number of oxazole rings is 1. The van der Waals surface area contributed by atoms with Crippen molar-refractivity contribution in [2.75, 3.05) is 13.1 Å². The highest BCUT2D eigenvalue weighted by Gasteiger charge is 2.22. The van der Waals surface area contributed by atoms with Crippen LogP contribution in [0.3, 0.4) is 0 Å². The van der Waals surface area contributed by atoms with E-state index in [1.165, 1.54) is 0 Å². The molecular weight excluding hydrogens is 224 g/mol. The van der Waals surface area contributed by atoms with Gasteiger partial charge in [0.1, 0.15) is 11.5 Å². The Balaban J connectivity index is 2.28. The van der Waals surface area contributed by atoms with Crippen LogP contribution in [-0.4, -0.2) is 18.1 Å². The van der Waals surface area contributed by atoms with Crippen LogP contribution in [0.2, 0.25) is 0 Å². The molecule has 1 fully saturated rings. The van der Waals surface area contributed by atoms with E-state index in [0.717, 1.165) is 48.8 Å². The molecule has 1 N–H and O–H groups in total. The van der Waals surface area contributed by atoms with Crippen molar-refractivity contribution < 1.29 is 4.42 Å². The van der Waals surface area contributed by atoms with Gasteiger partial charge in [0.05, 0.1) is 0 Å². The van der Waals surface area contributed by atoms with Crippen LogP contribution in [0.1, 0.15) is 36.1 Å². The first-order chi connectivity index (χ1) is 8.76. The highest BCUT2D eigenvalue weighted by Crippen LogP contribution is 2.29. The topological polar surface area (TPSA) is 38.1 Å². The Labute approximate surface area is 108 Å². The highest BCUT2D eigenvalue weighted by molar-refractivity contribution is 5.73. The van der Waals surface area contributed by atoms with Gasteiger partial charge >= 0.3 is 0 Å². The van der Waals surface area contributed by atoms with Crippen LogP contribution in [0, 0.1) is 6.92 Å². The van der Waals surface area contributed by atoms with E-state index < -0.39 is 0 Å². The summed E-state index contributed by atoms with van der Waals surface area (Å²) in [5.74, 6) is 2.16. The van der Waals surface area contributed by atoms with Gasteiger partial charge in [0.15, 0.2) is 5.89 Å². The molecule has 3 nitrogen and oxygen atoms in total. The fourth-order valence-electron chi connectivity index (χ4n) is 2.30. The van der Waals surface area contributed by atoms with Gasteiger partial charge in [-0.3, -0.25) is 0 Å². The van der Waals surface area contributed by atoms with Gasteiger partial charge in [0.2, 0.25) is 0 Å². The van der Waals surface area contributed by atoms with Crippen molar-refractivity contribution >= 4 is 5.57 Å². The third-order valence-electron chi connectivity index (χ3n) is 3.29. The van der Waals surface area contributed by atoms with Gasteiger partial charge in [0, 0.05) is 11.5 Å². The summed E-state index contributed by atoms with van der Waals surface area (Å²) in [5, 5.41) is 3.35. The van der Waals surface area contributed by atoms with Crippen LogP contribution in [0.15, 0.2) is 35.8 Å². The average Bonchev–Trinajstić information content (AvgIpc) is 2.79. The van der Waals surface area contributed by atoms with Crippen molar-refractivity contribution in [3.63, 3.8) is 0 Å². The first-order valence-corrected chi connectivity index (χ1v) is 6.39. The molecule has 1 aliphatic rings. The third-order valence-corrected chi connectivity index (χ3v) is 3.29. The van der Waals surface area contributed by atoms with E-state index in [0.29, 0.717) is 5.92 Å². The molecule has 18 heavy (non-hydrogen) atoms. The quantitative estimate of drug-likeness (QED) is 0.826. The predicted molar refractivity (Wildman–Crippen MR) is 74.5 cm³/mol. The predicted octanol–water partition coefficient (Wildman–Crippen LogP) is 3.21. The molecule has 0 saturated carbocycles. The van der Waals surface area contributed by atoms with Gasteiger partial charge in [-0.2, -0.15) is 0 Å². The number of aryl methyl sites for hydroxylation is 1. The second kappa shape index (κ2) is 5.83. The van der Waals surface area contributed by atoms with Crippen LogP contribution < -0.4 is 5.32 Å². The number of hydrogen-bond donors (Lipinski definition) is 1. The van der Waals surface area contributed by atoms with Crippen LogP contribution in [-0.2, 0) is 0 Å². The second-order valence-corrected chi connectivity index (χ2v) is 4.54. The Kier molecular flexibility index (Phi) is 4.15. The number of aromatic nitrogens is 1. The average molecular weight is 244 g/mol. The molecule has 0 aliphatic carbocycles. The first kappa shape index (κ1) is 12.8. The molecule has 2 heterocycles. The van der Waals surface area contributed by atoms with E-state index in [-0.39, 0.29) is 0 Å². The van der Waals surface area contributed by atoms with Gasteiger partial charge in [0.25, 0.3) is 0 Å². The smallest absolute Gasteiger partial charge is 0.198 e. The molecule has 0 aromatic carbocycles. The normalized spacial score (nSPS) is 17.7. The summed E-state index contributed by atoms with van der Waals surface area (Å²) >= 11 is 0. The largest absolute Gasteiger partial charge is 0.445 e. The summed E-state index contributed by atoms with van der Waals surface area (Å²) in [6.07, 6.45) is 7.63. The number of nitrogens with one attached hydrogen (secondary N) is 1. The molecule has 0 spiro atoms. The molecule has 0 atom stereocenters. The summed E-state index contributed by atoms with van der Waals surface area (Å²) in [4.78, 5) is 4.64. The number of allylic oxidation sites excluding steroid dienone is 4. The molecule has 3 heteroatoms. The summed E-state index contributed by atoms with van der Waals surface area (Å²) in [7, 11) is 0. The maximum Gasteiger partial charge on any atom is 0.198 e. The van der Waals surface area contributed by atoms with Crippen LogP contribution in [0.5, 0.6) is 0 Å². The third kappa shape index (κ3) is 2.62. The molecule has 2 rings (SSSR count). The summed E-state index contributed by atoms with van der Waals surface area (Å²) < 4.78 is 5.82. The lowest BCUT2D eigenvalue weighted by molar-refractivity contribution is 0.366. The molecule has 0 radical (unpaired) electrons. The lowest BCUT2D eigenvalue weighted by Crippen LogP contribution is -2.26. The maximum atomic E-state index is 5.82. The molecule has 1 aromatic rings. The Hall–Kier alpha value is -1.61. The molecule has 96 valence electrons. The van der Waals surface area contributed by atoms with Crippen molar-refractivity contribution in [2.24, 2.45) is 0 Å². The first-order valence-electron chi connectivity index (χ1n) is 6.39. The Morgan fingerprint density at radius 2 is 2.11 bits per heavy atom. The van der Waals surface area contributed by atoms with E-state index in [9.17, 15) is 0 Å². The van der Waals surface area contributed by atoms with E-state index >= 15 is 0 Å². The minimum Gasteiger partial charge on any atom is -0.445 e. The molecule has 0 amide bonds. The maximum absolute atomic E-state index is 5.82. The summed E-state index contributed by atoms with van der Waals surface area (Å²) in [6.45, 7) is 11.6. The molecule has 0 bridgehead atoms. The van der Waals surface area contributed by atoms with Gasteiger partial charge < -0.3 is 9.73 Å². The summed E-state index contributed by atoms with van der Waals surface area (Å²) in [5.41, 5.74) is 1.85. The van der Waals surface area contributed by atoms with Gasteiger partial charge in [-0.25, -0.2) is 4.98 Å². The number of piperidine rings is 1. The molecule has 1 aromatic heterocycles. The molecule has 1 saturated heterocycles. The van der Waals surface area contributed by atoms with Crippen molar-refractivity contribution in [2.45, 2.75) is 25.7 Å². The van der Waals surface area contributed by atoms with E-state index in [1.807, 2.05) is 13.0 Å². The number of nitrogens with zero attached hydrogens (tertiary/aromatic N) is 1. The Morgan fingerprint density at radius 3 is 2.72 bits per heavy atom. The van der Waals surface area contributed by atoms with Crippen LogP contribution in [0.4, 0.5) is 0 Å². The number of hydrogen-bond acceptors (Lipinski definition) is 3. The van der Waals surface area contributed by atoms with Crippen LogP contribution >= 0.6 is 0 Å². The van der Waals surface area contributed by atoms with Crippen molar-refractivity contribution in [1.82, 2.24) is 10.3 Å². The Bertz CT molecular complexity index is 465. The van der Waals surface area contributed by atoms with Gasteiger partial charge in [-0.15, -0.1) is 0 Å². The SMILES string of the molecule is C=C/C=C(\C=C)c1nc(C2CCNCC2)oc1C. The minimum atomic E-state index is 0.438. The monoisotopic (exact) mass is 244 g/mol. The molecular formula is C15H20N2O. The van der Waals surface area contributed by atoms with Gasteiger partial charge in [-0.05, 0) is 32.9 Å². The van der Waals surface area contributed by atoms with Crippen molar-refractivity contribution in [3.05, 3.63) is 48.7 Å². The van der Waals surface area contributed by atoms with Gasteiger partial charge in [-0.1, -0.05) is 31.4 Å². The molecule has 0 unspecified atom stereocenters. The Morgan fingerprint density at radius 1 is 1.39 bits per heavy atom.